The second-order valence-electron chi connectivity index (χ2n) is 3.48. The average Bonchev–Trinajstić information content (AvgIpc) is 2.67. The van der Waals surface area contributed by atoms with Gasteiger partial charge in [0, 0.05) is 18.3 Å². The smallest absolute Gasteiger partial charge is 0.358 e. The normalized spacial score (nSPS) is 12.6. The highest BCUT2D eigenvalue weighted by molar-refractivity contribution is 7.98. The largest absolute Gasteiger partial charge is 0.476 e. The summed E-state index contributed by atoms with van der Waals surface area (Å²) in [5, 5.41) is 19.2. The lowest BCUT2D eigenvalue weighted by molar-refractivity contribution is 0.0690. The molecule has 0 fully saturated rings. The maximum Gasteiger partial charge on any atom is 0.358 e. The van der Waals surface area contributed by atoms with Crippen molar-refractivity contribution in [3.05, 3.63) is 11.9 Å². The van der Waals surface area contributed by atoms with Crippen LogP contribution in [0.3, 0.4) is 0 Å². The van der Waals surface area contributed by atoms with Crippen LogP contribution in [0.2, 0.25) is 0 Å². The van der Waals surface area contributed by atoms with Crippen molar-refractivity contribution in [1.29, 1.82) is 0 Å². The van der Waals surface area contributed by atoms with Gasteiger partial charge in [0.05, 0.1) is 12.7 Å². The van der Waals surface area contributed by atoms with E-state index in [0.717, 1.165) is 12.3 Å². The van der Waals surface area contributed by atoms with E-state index >= 15 is 0 Å². The lowest BCUT2D eigenvalue weighted by atomic mass is 10.4. The van der Waals surface area contributed by atoms with Gasteiger partial charge < -0.3 is 10.4 Å². The predicted molar refractivity (Wildman–Crippen MR) is 62.8 cm³/mol. The number of carboxylic acids is 1. The molecule has 0 radical (unpaired) electrons. The highest BCUT2D eigenvalue weighted by atomic mass is 32.2. The summed E-state index contributed by atoms with van der Waals surface area (Å²) in [6, 6.07) is 0.442. The molecule has 0 spiro atoms. The molecule has 1 rings (SSSR count). The van der Waals surface area contributed by atoms with E-state index in [-0.39, 0.29) is 5.69 Å². The summed E-state index contributed by atoms with van der Waals surface area (Å²) in [6.45, 7) is 3.49. The molecule has 1 heterocycles. The van der Waals surface area contributed by atoms with Crippen LogP contribution in [0.25, 0.3) is 0 Å². The first-order valence-corrected chi connectivity index (χ1v) is 6.38. The van der Waals surface area contributed by atoms with E-state index in [2.05, 4.69) is 28.8 Å². The zero-order valence-electron chi connectivity index (χ0n) is 9.38. The van der Waals surface area contributed by atoms with Gasteiger partial charge in [-0.05, 0) is 13.2 Å². The number of thioether (sulfide) groups is 1. The number of rotatable bonds is 7. The second kappa shape index (κ2) is 6.49. The molecular formula is C9H16N4O2S. The number of aromatic nitrogens is 3. The summed E-state index contributed by atoms with van der Waals surface area (Å²) < 4.78 is 1.53. The maximum atomic E-state index is 10.5. The summed E-state index contributed by atoms with van der Waals surface area (Å²) in [4.78, 5) is 10.5. The molecule has 0 aliphatic carbocycles. The molecule has 0 saturated carbocycles. The van der Waals surface area contributed by atoms with Gasteiger partial charge in [-0.1, -0.05) is 5.21 Å². The van der Waals surface area contributed by atoms with E-state index < -0.39 is 5.97 Å². The Bertz CT molecular complexity index is 342. The molecule has 0 amide bonds. The molecular weight excluding hydrogens is 228 g/mol. The van der Waals surface area contributed by atoms with Crippen LogP contribution in [-0.4, -0.2) is 50.7 Å². The van der Waals surface area contributed by atoms with Crippen LogP contribution in [0.4, 0.5) is 0 Å². The van der Waals surface area contributed by atoms with E-state index in [1.165, 1.54) is 10.9 Å². The monoisotopic (exact) mass is 244 g/mol. The Labute approximate surface area is 98.4 Å². The Kier molecular flexibility index (Phi) is 5.27. The van der Waals surface area contributed by atoms with Gasteiger partial charge in [-0.15, -0.1) is 5.10 Å². The molecule has 6 nitrogen and oxygen atoms in total. The second-order valence-corrected chi connectivity index (χ2v) is 4.39. The molecule has 16 heavy (non-hydrogen) atoms. The first-order chi connectivity index (χ1) is 7.63. The molecule has 0 bridgehead atoms. The Balaban J connectivity index is 2.29. The van der Waals surface area contributed by atoms with E-state index in [0.29, 0.717) is 12.6 Å². The Morgan fingerprint density at radius 3 is 3.06 bits per heavy atom. The molecule has 1 aromatic heterocycles. The van der Waals surface area contributed by atoms with Crippen molar-refractivity contribution in [2.75, 3.05) is 18.6 Å². The summed E-state index contributed by atoms with van der Waals surface area (Å²) in [7, 11) is 0. The van der Waals surface area contributed by atoms with E-state index in [4.69, 9.17) is 5.11 Å². The highest BCUT2D eigenvalue weighted by Crippen LogP contribution is 1.96. The first-order valence-electron chi connectivity index (χ1n) is 4.99. The number of carbonyl (C=O) groups is 1. The van der Waals surface area contributed by atoms with E-state index in [1.807, 2.05) is 0 Å². The third kappa shape index (κ3) is 4.19. The number of hydrogen-bond donors (Lipinski definition) is 2. The van der Waals surface area contributed by atoms with Crippen LogP contribution in [0.1, 0.15) is 17.4 Å². The molecule has 0 aliphatic heterocycles. The minimum absolute atomic E-state index is 0.0165. The first kappa shape index (κ1) is 13.0. The number of nitrogens with one attached hydrogen (secondary N) is 1. The molecule has 0 aromatic carbocycles. The lowest BCUT2D eigenvalue weighted by Crippen LogP contribution is -2.31. The Hall–Kier alpha value is -1.08. The van der Waals surface area contributed by atoms with Crippen LogP contribution in [0, 0.1) is 0 Å². The third-order valence-corrected chi connectivity index (χ3v) is 2.84. The molecule has 90 valence electrons. The summed E-state index contributed by atoms with van der Waals surface area (Å²) in [5.41, 5.74) is -0.0165. The van der Waals surface area contributed by atoms with Gasteiger partial charge in [0.15, 0.2) is 5.69 Å². The predicted octanol–water partition coefficient (Wildman–Crippen LogP) is 0.317. The summed E-state index contributed by atoms with van der Waals surface area (Å²) in [5.74, 6) is 0.00697. The zero-order valence-corrected chi connectivity index (χ0v) is 10.2. The fraction of sp³-hybridized carbons (Fsp3) is 0.667. The van der Waals surface area contributed by atoms with Crippen LogP contribution in [0.5, 0.6) is 0 Å². The van der Waals surface area contributed by atoms with Crippen molar-refractivity contribution in [3.8, 4) is 0 Å². The van der Waals surface area contributed by atoms with E-state index in [1.54, 1.807) is 11.8 Å². The zero-order chi connectivity index (χ0) is 12.0. The average molecular weight is 244 g/mol. The van der Waals surface area contributed by atoms with Gasteiger partial charge in [0.1, 0.15) is 0 Å². The summed E-state index contributed by atoms with van der Waals surface area (Å²) >= 11 is 1.79. The van der Waals surface area contributed by atoms with Crippen LogP contribution in [0.15, 0.2) is 6.20 Å². The van der Waals surface area contributed by atoms with Crippen molar-refractivity contribution in [2.45, 2.75) is 19.5 Å². The van der Waals surface area contributed by atoms with Crippen LogP contribution < -0.4 is 5.32 Å². The standard InChI is InChI=1S/C9H16N4O2S/c1-7(6-16-2)10-3-4-13-5-8(9(14)15)11-12-13/h5,7,10H,3-4,6H2,1-2H3,(H,14,15). The Morgan fingerprint density at radius 1 is 1.75 bits per heavy atom. The fourth-order valence-electron chi connectivity index (χ4n) is 1.24. The van der Waals surface area contributed by atoms with Gasteiger partial charge in [-0.25, -0.2) is 4.79 Å². The fourth-order valence-corrected chi connectivity index (χ4v) is 1.86. The van der Waals surface area contributed by atoms with Crippen molar-refractivity contribution >= 4 is 17.7 Å². The number of aromatic carboxylic acids is 1. The van der Waals surface area contributed by atoms with Gasteiger partial charge >= 0.3 is 5.97 Å². The SMILES string of the molecule is CSCC(C)NCCn1cc(C(=O)O)nn1. The van der Waals surface area contributed by atoms with Crippen molar-refractivity contribution in [3.63, 3.8) is 0 Å². The Morgan fingerprint density at radius 2 is 2.50 bits per heavy atom. The van der Waals surface area contributed by atoms with Crippen LogP contribution in [-0.2, 0) is 6.54 Å². The minimum atomic E-state index is -1.05. The minimum Gasteiger partial charge on any atom is -0.476 e. The topological polar surface area (TPSA) is 80.0 Å². The summed E-state index contributed by atoms with van der Waals surface area (Å²) in [6.07, 6.45) is 3.50. The van der Waals surface area contributed by atoms with Gasteiger partial charge in [-0.2, -0.15) is 11.8 Å². The van der Waals surface area contributed by atoms with Gasteiger partial charge in [0.25, 0.3) is 0 Å². The maximum absolute atomic E-state index is 10.5. The van der Waals surface area contributed by atoms with Crippen LogP contribution >= 0.6 is 11.8 Å². The molecule has 7 heteroatoms. The number of hydrogen-bond acceptors (Lipinski definition) is 5. The molecule has 1 aromatic rings. The molecule has 2 N–H and O–H groups in total. The van der Waals surface area contributed by atoms with Crippen molar-refractivity contribution < 1.29 is 9.90 Å². The van der Waals surface area contributed by atoms with Gasteiger partial charge in [-0.3, -0.25) is 4.68 Å². The molecule has 1 unspecified atom stereocenters. The third-order valence-electron chi connectivity index (χ3n) is 2.01. The molecule has 1 atom stereocenters. The number of carboxylic acid groups (broad SMARTS) is 1. The van der Waals surface area contributed by atoms with E-state index in [9.17, 15) is 4.79 Å². The molecule has 0 aliphatic rings. The number of nitrogens with zero attached hydrogens (tertiary/aromatic N) is 3. The molecule has 0 saturated heterocycles. The van der Waals surface area contributed by atoms with Crippen molar-refractivity contribution in [1.82, 2.24) is 20.3 Å². The lowest BCUT2D eigenvalue weighted by Gasteiger charge is -2.11. The quantitative estimate of drug-likeness (QED) is 0.719. The highest BCUT2D eigenvalue weighted by Gasteiger charge is 2.07. The van der Waals surface area contributed by atoms with Crippen molar-refractivity contribution in [2.24, 2.45) is 0 Å². The van der Waals surface area contributed by atoms with Gasteiger partial charge in [0.2, 0.25) is 0 Å².